The average molecular weight is 299 g/mol. The van der Waals surface area contributed by atoms with Crippen LogP contribution in [0.2, 0.25) is 0 Å². The molecule has 0 radical (unpaired) electrons. The Morgan fingerprint density at radius 1 is 1.38 bits per heavy atom. The zero-order valence-corrected chi connectivity index (χ0v) is 12.9. The van der Waals surface area contributed by atoms with E-state index in [4.69, 9.17) is 5.73 Å². The molecule has 1 aromatic carbocycles. The van der Waals surface area contributed by atoms with Crippen molar-refractivity contribution in [3.63, 3.8) is 0 Å². The van der Waals surface area contributed by atoms with Crippen molar-refractivity contribution in [2.75, 3.05) is 6.54 Å². The van der Waals surface area contributed by atoms with Gasteiger partial charge in [-0.1, -0.05) is 11.8 Å². The fourth-order valence-corrected chi connectivity index (χ4v) is 2.59. The Kier molecular flexibility index (Phi) is 5.09. The first-order chi connectivity index (χ1) is 10.1. The number of thiazole rings is 1. The van der Waals surface area contributed by atoms with Crippen LogP contribution in [0.5, 0.6) is 0 Å². The van der Waals surface area contributed by atoms with Gasteiger partial charge in [0.15, 0.2) is 0 Å². The molecule has 1 heterocycles. The van der Waals surface area contributed by atoms with Crippen molar-refractivity contribution in [1.82, 2.24) is 10.3 Å². The van der Waals surface area contributed by atoms with Gasteiger partial charge < -0.3 is 11.1 Å². The molecule has 21 heavy (non-hydrogen) atoms. The number of hydrogen-bond donors (Lipinski definition) is 2. The van der Waals surface area contributed by atoms with E-state index in [0.717, 1.165) is 21.8 Å². The van der Waals surface area contributed by atoms with E-state index in [0.29, 0.717) is 18.7 Å². The Bertz CT molecular complexity index is 710. The van der Waals surface area contributed by atoms with Gasteiger partial charge >= 0.3 is 0 Å². The summed E-state index contributed by atoms with van der Waals surface area (Å²) in [5.41, 5.74) is 8.74. The van der Waals surface area contributed by atoms with Crippen molar-refractivity contribution in [2.24, 2.45) is 5.73 Å². The lowest BCUT2D eigenvalue weighted by atomic mass is 10.1. The van der Waals surface area contributed by atoms with Crippen molar-refractivity contribution in [2.45, 2.75) is 20.4 Å². The standard InChI is InChI=1S/C16H17N3OS/c1-11-6-13(4-3-5-17)8-14(7-11)16(20)18-9-15-19-12(2)10-21-15/h6-8,10H,5,9,17H2,1-2H3,(H,18,20). The summed E-state index contributed by atoms with van der Waals surface area (Å²) in [6, 6.07) is 5.55. The predicted molar refractivity (Wildman–Crippen MR) is 85.1 cm³/mol. The van der Waals surface area contributed by atoms with Gasteiger partial charge in [-0.2, -0.15) is 0 Å². The van der Waals surface area contributed by atoms with Crippen LogP contribution in [0.15, 0.2) is 23.6 Å². The molecule has 2 rings (SSSR count). The zero-order chi connectivity index (χ0) is 15.2. The van der Waals surface area contributed by atoms with E-state index in [1.54, 1.807) is 17.4 Å². The molecule has 2 aromatic rings. The van der Waals surface area contributed by atoms with Crippen LogP contribution >= 0.6 is 11.3 Å². The molecule has 3 N–H and O–H groups in total. The summed E-state index contributed by atoms with van der Waals surface area (Å²) in [5.74, 6) is 5.63. The molecular formula is C16H17N3OS. The van der Waals surface area contributed by atoms with Crippen LogP contribution in [0.25, 0.3) is 0 Å². The maximum atomic E-state index is 12.2. The number of rotatable bonds is 3. The Hall–Kier alpha value is -2.16. The minimum absolute atomic E-state index is 0.123. The highest BCUT2D eigenvalue weighted by atomic mass is 32.1. The summed E-state index contributed by atoms with van der Waals surface area (Å²) in [5, 5.41) is 5.74. The second kappa shape index (κ2) is 7.02. The number of carbonyl (C=O) groups excluding carboxylic acids is 1. The molecule has 0 aliphatic heterocycles. The molecule has 0 bridgehead atoms. The van der Waals surface area contributed by atoms with Crippen LogP contribution in [0.4, 0.5) is 0 Å². The van der Waals surface area contributed by atoms with Gasteiger partial charge in [0.25, 0.3) is 5.91 Å². The van der Waals surface area contributed by atoms with Crippen molar-refractivity contribution < 1.29 is 4.79 Å². The molecular weight excluding hydrogens is 282 g/mol. The molecule has 5 heteroatoms. The van der Waals surface area contributed by atoms with Crippen LogP contribution in [0.3, 0.4) is 0 Å². The summed E-state index contributed by atoms with van der Waals surface area (Å²) in [4.78, 5) is 16.5. The third-order valence-electron chi connectivity index (χ3n) is 2.74. The first-order valence-corrected chi connectivity index (χ1v) is 7.46. The molecule has 0 unspecified atom stereocenters. The molecule has 0 spiro atoms. The van der Waals surface area contributed by atoms with Crippen molar-refractivity contribution in [3.8, 4) is 11.8 Å². The molecule has 0 aliphatic carbocycles. The second-order valence-electron chi connectivity index (χ2n) is 4.66. The number of nitrogens with two attached hydrogens (primary N) is 1. The van der Waals surface area contributed by atoms with Crippen LogP contribution in [0.1, 0.15) is 32.2 Å². The van der Waals surface area contributed by atoms with Gasteiger partial charge in [-0.3, -0.25) is 4.79 Å². The second-order valence-corrected chi connectivity index (χ2v) is 5.60. The number of aromatic nitrogens is 1. The van der Waals surface area contributed by atoms with E-state index in [9.17, 15) is 4.79 Å². The zero-order valence-electron chi connectivity index (χ0n) is 12.1. The van der Waals surface area contributed by atoms with E-state index >= 15 is 0 Å². The number of aryl methyl sites for hydroxylation is 2. The van der Waals surface area contributed by atoms with E-state index in [-0.39, 0.29) is 5.91 Å². The molecule has 108 valence electrons. The lowest BCUT2D eigenvalue weighted by Gasteiger charge is -2.05. The number of hydrogen-bond acceptors (Lipinski definition) is 4. The fourth-order valence-electron chi connectivity index (χ4n) is 1.88. The summed E-state index contributed by atoms with van der Waals surface area (Å²) in [6.07, 6.45) is 0. The molecule has 0 aliphatic rings. The van der Waals surface area contributed by atoms with Crippen LogP contribution < -0.4 is 11.1 Å². The number of amides is 1. The Morgan fingerprint density at radius 2 is 2.19 bits per heavy atom. The molecule has 1 amide bonds. The fraction of sp³-hybridized carbons (Fsp3) is 0.250. The van der Waals surface area contributed by atoms with Crippen LogP contribution in [-0.4, -0.2) is 17.4 Å². The summed E-state index contributed by atoms with van der Waals surface area (Å²) < 4.78 is 0. The predicted octanol–water partition coefficient (Wildman–Crippen LogP) is 2.00. The first kappa shape index (κ1) is 15.2. The highest BCUT2D eigenvalue weighted by Crippen LogP contribution is 2.11. The SMILES string of the molecule is Cc1cc(C#CCN)cc(C(=O)NCc2nc(C)cs2)c1. The van der Waals surface area contributed by atoms with Gasteiger partial charge in [0, 0.05) is 22.2 Å². The van der Waals surface area contributed by atoms with Crippen molar-refractivity contribution in [3.05, 3.63) is 51.0 Å². The van der Waals surface area contributed by atoms with Gasteiger partial charge in [-0.05, 0) is 37.6 Å². The normalized spacial score (nSPS) is 9.86. The quantitative estimate of drug-likeness (QED) is 0.852. The van der Waals surface area contributed by atoms with E-state index in [1.165, 1.54) is 0 Å². The Morgan fingerprint density at radius 3 is 2.86 bits per heavy atom. The van der Waals surface area contributed by atoms with E-state index < -0.39 is 0 Å². The van der Waals surface area contributed by atoms with Crippen LogP contribution in [0, 0.1) is 25.7 Å². The minimum atomic E-state index is -0.123. The monoisotopic (exact) mass is 299 g/mol. The van der Waals surface area contributed by atoms with Gasteiger partial charge in [-0.25, -0.2) is 4.98 Å². The Labute approximate surface area is 128 Å². The smallest absolute Gasteiger partial charge is 0.251 e. The lowest BCUT2D eigenvalue weighted by Crippen LogP contribution is -2.22. The van der Waals surface area contributed by atoms with E-state index in [1.807, 2.05) is 31.4 Å². The molecule has 4 nitrogen and oxygen atoms in total. The van der Waals surface area contributed by atoms with Gasteiger partial charge in [0.05, 0.1) is 13.1 Å². The maximum absolute atomic E-state index is 12.2. The average Bonchev–Trinajstić information content (AvgIpc) is 2.87. The van der Waals surface area contributed by atoms with Crippen molar-refractivity contribution >= 4 is 17.2 Å². The number of nitrogens with one attached hydrogen (secondary N) is 1. The molecule has 1 aromatic heterocycles. The highest BCUT2D eigenvalue weighted by Gasteiger charge is 2.08. The first-order valence-electron chi connectivity index (χ1n) is 6.58. The third-order valence-corrected chi connectivity index (χ3v) is 3.71. The summed E-state index contributed by atoms with van der Waals surface area (Å²) in [7, 11) is 0. The van der Waals surface area contributed by atoms with Gasteiger partial charge in [0.1, 0.15) is 5.01 Å². The largest absolute Gasteiger partial charge is 0.346 e. The van der Waals surface area contributed by atoms with Gasteiger partial charge in [-0.15, -0.1) is 11.3 Å². The minimum Gasteiger partial charge on any atom is -0.346 e. The van der Waals surface area contributed by atoms with E-state index in [2.05, 4.69) is 22.1 Å². The Balaban J connectivity index is 2.09. The number of carbonyl (C=O) groups is 1. The molecule has 0 saturated heterocycles. The maximum Gasteiger partial charge on any atom is 0.251 e. The number of nitrogens with zero attached hydrogens (tertiary/aromatic N) is 1. The summed E-state index contributed by atoms with van der Waals surface area (Å²) in [6.45, 7) is 4.62. The van der Waals surface area contributed by atoms with Crippen molar-refractivity contribution in [1.29, 1.82) is 0 Å². The highest BCUT2D eigenvalue weighted by molar-refractivity contribution is 7.09. The molecule has 0 saturated carbocycles. The topological polar surface area (TPSA) is 68.0 Å². The lowest BCUT2D eigenvalue weighted by molar-refractivity contribution is 0.0950. The molecule has 0 fully saturated rings. The number of benzene rings is 1. The van der Waals surface area contributed by atoms with Crippen LogP contribution in [-0.2, 0) is 6.54 Å². The van der Waals surface area contributed by atoms with Gasteiger partial charge in [0.2, 0.25) is 0 Å². The molecule has 0 atom stereocenters. The summed E-state index contributed by atoms with van der Waals surface area (Å²) >= 11 is 1.54. The third kappa shape index (κ3) is 4.42.